The van der Waals surface area contributed by atoms with Crippen molar-refractivity contribution in [3.63, 3.8) is 0 Å². The molecule has 57 heavy (non-hydrogen) atoms. The van der Waals surface area contributed by atoms with Crippen LogP contribution in [0.1, 0.15) is 90.7 Å². The van der Waals surface area contributed by atoms with Crippen LogP contribution < -0.4 is 15.4 Å². The molecule has 3 heterocycles. The van der Waals surface area contributed by atoms with Gasteiger partial charge in [-0.3, -0.25) is 24.0 Å². The van der Waals surface area contributed by atoms with Gasteiger partial charge in [0, 0.05) is 24.4 Å². The lowest BCUT2D eigenvalue weighted by atomic mass is 9.88. The van der Waals surface area contributed by atoms with Crippen LogP contribution in [0.2, 0.25) is 0 Å². The minimum Gasteiger partial charge on any atom is -0.444 e. The van der Waals surface area contributed by atoms with E-state index in [-0.39, 0.29) is 31.8 Å². The number of allylic oxidation sites excluding steroid dienone is 1. The van der Waals surface area contributed by atoms with Crippen molar-refractivity contribution in [1.82, 2.24) is 25.2 Å². The van der Waals surface area contributed by atoms with Gasteiger partial charge in [-0.2, -0.15) is 13.2 Å². The molecule has 6 rings (SSSR count). The van der Waals surface area contributed by atoms with Crippen LogP contribution in [-0.4, -0.2) is 94.9 Å². The largest absolute Gasteiger partial charge is 0.444 e. The van der Waals surface area contributed by atoms with Gasteiger partial charge in [-0.15, -0.1) is 0 Å². The molecule has 0 spiro atoms. The third kappa shape index (κ3) is 8.58. The first-order valence-electron chi connectivity index (χ1n) is 19.1. The molecule has 3 aliphatic heterocycles. The monoisotopic (exact) mass is 827 g/mol. The number of hydrogen-bond acceptors (Lipinski definition) is 9. The lowest BCUT2D eigenvalue weighted by Crippen LogP contribution is -2.59. The number of halogens is 4. The van der Waals surface area contributed by atoms with Crippen molar-refractivity contribution in [2.75, 3.05) is 6.54 Å². The maximum Gasteiger partial charge on any atom is 0.427 e. The van der Waals surface area contributed by atoms with Gasteiger partial charge in [0.25, 0.3) is 5.91 Å². The fourth-order valence-corrected chi connectivity index (χ4v) is 9.08. The number of alkyl halides is 3. The van der Waals surface area contributed by atoms with E-state index in [0.717, 1.165) is 4.90 Å². The number of alkyl carbamates (subject to hydrolysis) is 1. The summed E-state index contributed by atoms with van der Waals surface area (Å²) >= 11 is 0. The summed E-state index contributed by atoms with van der Waals surface area (Å²) in [6, 6.07) is 1.48. The Morgan fingerprint density at radius 3 is 2.40 bits per heavy atom. The number of benzene rings is 1. The third-order valence-electron chi connectivity index (χ3n) is 12.0. The van der Waals surface area contributed by atoms with Crippen LogP contribution in [0.25, 0.3) is 0 Å². The lowest BCUT2D eigenvalue weighted by molar-refractivity contribution is -0.244. The summed E-state index contributed by atoms with van der Waals surface area (Å²) < 4.78 is 93.3. The quantitative estimate of drug-likeness (QED) is 0.274. The first kappa shape index (κ1) is 42.2. The molecular formula is C38H49F4N5O9S. The second kappa shape index (κ2) is 15.1. The highest BCUT2D eigenvalue weighted by Crippen LogP contribution is 2.47. The molecule has 3 N–H and O–H groups in total. The third-order valence-corrected chi connectivity index (χ3v) is 14.2. The molecule has 1 aromatic carbocycles. The number of hydrogen-bond donors (Lipinski definition) is 3. The number of rotatable bonds is 6. The van der Waals surface area contributed by atoms with Crippen molar-refractivity contribution >= 4 is 39.9 Å². The summed E-state index contributed by atoms with van der Waals surface area (Å²) in [5.41, 5.74) is -3.73. The van der Waals surface area contributed by atoms with E-state index in [2.05, 4.69) is 15.4 Å². The van der Waals surface area contributed by atoms with Crippen molar-refractivity contribution in [2.45, 2.75) is 133 Å². The highest BCUT2D eigenvalue weighted by atomic mass is 32.2. The van der Waals surface area contributed by atoms with Crippen molar-refractivity contribution in [3.8, 4) is 0 Å². The number of ether oxygens (including phenoxy) is 2. The van der Waals surface area contributed by atoms with Gasteiger partial charge in [-0.25, -0.2) is 22.4 Å². The van der Waals surface area contributed by atoms with Crippen LogP contribution >= 0.6 is 0 Å². The Kier molecular flexibility index (Phi) is 11.2. The Morgan fingerprint density at radius 1 is 1.05 bits per heavy atom. The van der Waals surface area contributed by atoms with Gasteiger partial charge in [-0.1, -0.05) is 38.1 Å². The molecule has 14 nitrogen and oxygen atoms in total. The van der Waals surface area contributed by atoms with E-state index in [9.17, 15) is 50.0 Å². The van der Waals surface area contributed by atoms with Crippen molar-refractivity contribution in [2.24, 2.45) is 17.8 Å². The second-order valence-electron chi connectivity index (χ2n) is 17.0. The second-order valence-corrected chi connectivity index (χ2v) is 19.2. The number of fused-ring (bicyclic) bond motifs is 3. The summed E-state index contributed by atoms with van der Waals surface area (Å²) in [5.74, 6) is -4.58. The average Bonchev–Trinajstić information content (AvgIpc) is 3.90. The normalized spacial score (nSPS) is 30.7. The number of nitrogens with one attached hydrogen (secondary N) is 3. The summed E-state index contributed by atoms with van der Waals surface area (Å²) in [4.78, 5) is 71.5. The van der Waals surface area contributed by atoms with Crippen molar-refractivity contribution in [1.29, 1.82) is 0 Å². The molecule has 3 fully saturated rings. The number of carbonyl (C=O) groups excluding carboxylic acids is 5. The van der Waals surface area contributed by atoms with Gasteiger partial charge in [0.05, 0.1) is 17.8 Å². The summed E-state index contributed by atoms with van der Waals surface area (Å²) in [6.45, 7) is 5.90. The molecule has 5 aliphatic rings. The first-order chi connectivity index (χ1) is 26.5. The van der Waals surface area contributed by atoms with E-state index in [1.165, 1.54) is 24.0 Å². The topological polar surface area (TPSA) is 181 Å². The Bertz CT molecular complexity index is 1960. The summed E-state index contributed by atoms with van der Waals surface area (Å²) in [5, 5.41) is 5.01. The zero-order valence-corrected chi connectivity index (χ0v) is 33.2. The maximum absolute atomic E-state index is 14.6. The Morgan fingerprint density at radius 2 is 1.75 bits per heavy atom. The first-order valence-corrected chi connectivity index (χ1v) is 20.6. The maximum atomic E-state index is 14.6. The minimum absolute atomic E-state index is 0.0395. The average molecular weight is 828 g/mol. The van der Waals surface area contributed by atoms with Gasteiger partial charge >= 0.3 is 18.4 Å². The molecular weight excluding hydrogens is 779 g/mol. The Hall–Kier alpha value is -4.42. The lowest BCUT2D eigenvalue weighted by Gasteiger charge is -2.34. The minimum atomic E-state index is -4.94. The van der Waals surface area contributed by atoms with Crippen LogP contribution in [0.5, 0.6) is 0 Å². The molecule has 1 unspecified atom stereocenters. The van der Waals surface area contributed by atoms with E-state index in [4.69, 9.17) is 9.47 Å². The van der Waals surface area contributed by atoms with Gasteiger partial charge in [-0.05, 0) is 82.8 Å². The predicted molar refractivity (Wildman–Crippen MR) is 195 cm³/mol. The van der Waals surface area contributed by atoms with Crippen molar-refractivity contribution < 1.29 is 59.4 Å². The van der Waals surface area contributed by atoms with Crippen molar-refractivity contribution in [3.05, 3.63) is 47.3 Å². The highest BCUT2D eigenvalue weighted by Gasteiger charge is 2.63. The van der Waals surface area contributed by atoms with Crippen LogP contribution in [0.15, 0.2) is 30.4 Å². The Labute approximate surface area is 328 Å². The Balaban J connectivity index is 1.30. The van der Waals surface area contributed by atoms with Gasteiger partial charge in [0.1, 0.15) is 29.5 Å². The molecule has 7 atom stereocenters. The predicted octanol–water partition coefficient (Wildman–Crippen LogP) is 4.57. The number of amides is 5. The summed E-state index contributed by atoms with van der Waals surface area (Å²) in [6.07, 6.45) is -3.05. The highest BCUT2D eigenvalue weighted by molar-refractivity contribution is 7.91. The van der Waals surface area contributed by atoms with Gasteiger partial charge < -0.3 is 25.0 Å². The molecule has 5 amide bonds. The summed E-state index contributed by atoms with van der Waals surface area (Å²) in [7, 11) is -4.11. The molecule has 0 radical (unpaired) electrons. The fourth-order valence-electron chi connectivity index (χ4n) is 7.77. The molecule has 2 saturated carbocycles. The van der Waals surface area contributed by atoms with E-state index < -0.39 is 104 Å². The van der Waals surface area contributed by atoms with E-state index in [1.807, 2.05) is 13.0 Å². The molecule has 1 saturated heterocycles. The molecule has 2 aliphatic carbocycles. The van der Waals surface area contributed by atoms with Gasteiger partial charge in [0.15, 0.2) is 0 Å². The van der Waals surface area contributed by atoms with E-state index in [0.29, 0.717) is 57.1 Å². The van der Waals surface area contributed by atoms with Gasteiger partial charge in [0.2, 0.25) is 27.4 Å². The standard InChI is InChI=1S/C38H49F4N5O9S/c1-21-9-6-7-11-24-17-37(24,32(50)45-57(53,54)36(5)13-14-36)44-30(48)28-16-25(55-34(52)46-18-23-10-8-12-27(39)26(23)20-46)19-47(28)31(49)29(22(2)15-21)43-33(51)56-35(3,4)38(40,41)42/h7-8,10-12,21-22,24-25,28-29H,6,9,13-20H2,1-5H3,(H,43,51)(H,44,48)(H,45,50)/b11-7-/t21-,22-,24?,25-,28+,29+,37-/m1/s1. The SMILES string of the molecule is C[C@@H]1CC/C=C\C2C[C@@]2(C(=O)NS(=O)(=O)C2(C)CC2)NC(=O)[C@@H]2C[C@@H](OC(=O)N3Cc4cccc(F)c4C3)CN2C(=O)[C@@H](NC(=O)OC(C)(C)C(F)(F)F)[C@H](C)C1. The van der Waals surface area contributed by atoms with Crippen LogP contribution in [-0.2, 0) is 47.0 Å². The van der Waals surface area contributed by atoms with Crippen LogP contribution in [0, 0.1) is 23.6 Å². The van der Waals surface area contributed by atoms with Crippen LogP contribution in [0.4, 0.5) is 27.2 Å². The van der Waals surface area contributed by atoms with Crippen LogP contribution in [0.3, 0.4) is 0 Å². The number of carbonyl (C=O) groups is 5. The molecule has 314 valence electrons. The van der Waals surface area contributed by atoms with E-state index >= 15 is 0 Å². The molecule has 19 heteroatoms. The fraction of sp³-hybridized carbons (Fsp3) is 0.658. The number of nitrogens with zero attached hydrogens (tertiary/aromatic N) is 2. The van der Waals surface area contributed by atoms with E-state index in [1.54, 1.807) is 19.1 Å². The number of sulfonamides is 1. The molecule has 1 aromatic rings. The zero-order chi connectivity index (χ0) is 41.9. The molecule has 0 bridgehead atoms. The zero-order valence-electron chi connectivity index (χ0n) is 32.4. The molecule has 0 aromatic heterocycles. The smallest absolute Gasteiger partial charge is 0.427 e.